The molecule has 0 aliphatic rings. The topological polar surface area (TPSA) is 141 Å². The Hall–Kier alpha value is -4.19. The second-order valence-electron chi connectivity index (χ2n) is 8.29. The second-order valence-corrected chi connectivity index (χ2v) is 8.29. The van der Waals surface area contributed by atoms with Gasteiger partial charge in [0.25, 0.3) is 11.8 Å². The fourth-order valence-electron chi connectivity index (χ4n) is 3.69. The van der Waals surface area contributed by atoms with Crippen molar-refractivity contribution in [2.75, 3.05) is 19.0 Å². The van der Waals surface area contributed by atoms with Gasteiger partial charge in [0.2, 0.25) is 11.8 Å². The van der Waals surface area contributed by atoms with Crippen LogP contribution in [0.15, 0.2) is 47.1 Å². The largest absolute Gasteiger partial charge is 0.494 e. The van der Waals surface area contributed by atoms with Crippen molar-refractivity contribution in [1.29, 1.82) is 0 Å². The summed E-state index contributed by atoms with van der Waals surface area (Å²) in [6.07, 6.45) is 2.83. The van der Waals surface area contributed by atoms with Crippen molar-refractivity contribution in [1.82, 2.24) is 25.3 Å². The fourth-order valence-corrected chi connectivity index (χ4v) is 3.69. The summed E-state index contributed by atoms with van der Waals surface area (Å²) in [7, 11) is 1.43. The summed E-state index contributed by atoms with van der Waals surface area (Å²) < 4.78 is 39.8. The van der Waals surface area contributed by atoms with Crippen LogP contribution in [0.1, 0.15) is 42.2 Å². The number of aromatic nitrogens is 4. The van der Waals surface area contributed by atoms with Crippen molar-refractivity contribution in [3.63, 3.8) is 0 Å². The Morgan fingerprint density at radius 3 is 2.62 bits per heavy atom. The van der Waals surface area contributed by atoms with Gasteiger partial charge in [-0.25, -0.2) is 19.9 Å². The highest BCUT2D eigenvalue weighted by Crippen LogP contribution is 2.37. The van der Waals surface area contributed by atoms with Crippen LogP contribution in [0.3, 0.4) is 0 Å². The van der Waals surface area contributed by atoms with Gasteiger partial charge in [-0.2, -0.15) is 8.78 Å². The van der Waals surface area contributed by atoms with Gasteiger partial charge in [0.1, 0.15) is 17.0 Å². The summed E-state index contributed by atoms with van der Waals surface area (Å²) in [5.74, 6) is -2.51. The molecule has 0 aliphatic heterocycles. The van der Waals surface area contributed by atoms with E-state index >= 15 is 0 Å². The number of ether oxygens (including phenoxy) is 1. The standard InChI is InChI=1S/C25H27F2N7O3/c1-4-25(26,27)19-9-7-15-16(6-8-17(36-3)20(15)33-19)23-34-21(18(12-28)37-23)22(35)31-13-14(2)32-24-29-10-5-11-30-24/h5-11,14H,4,12-13,28H2,1-3H3,(H,31,35)(H,29,30,32). The van der Waals surface area contributed by atoms with Gasteiger partial charge in [-0.1, -0.05) is 6.92 Å². The lowest BCUT2D eigenvalue weighted by atomic mass is 10.0. The van der Waals surface area contributed by atoms with Gasteiger partial charge in [-0.05, 0) is 37.3 Å². The van der Waals surface area contributed by atoms with Crippen LogP contribution in [0.4, 0.5) is 14.7 Å². The third-order valence-corrected chi connectivity index (χ3v) is 5.70. The third-order valence-electron chi connectivity index (χ3n) is 5.70. The van der Waals surface area contributed by atoms with Crippen LogP contribution in [-0.4, -0.2) is 45.5 Å². The van der Waals surface area contributed by atoms with Gasteiger partial charge in [0, 0.05) is 42.4 Å². The number of oxazole rings is 1. The number of hydrogen-bond acceptors (Lipinski definition) is 9. The minimum absolute atomic E-state index is 0.0340. The van der Waals surface area contributed by atoms with E-state index in [0.717, 1.165) is 0 Å². The highest BCUT2D eigenvalue weighted by atomic mass is 19.3. The monoisotopic (exact) mass is 511 g/mol. The van der Waals surface area contributed by atoms with Crippen molar-refractivity contribution in [2.45, 2.75) is 38.8 Å². The van der Waals surface area contributed by atoms with E-state index in [4.69, 9.17) is 14.9 Å². The summed E-state index contributed by atoms with van der Waals surface area (Å²) in [5, 5.41) is 6.35. The van der Waals surface area contributed by atoms with E-state index in [1.54, 1.807) is 30.6 Å². The van der Waals surface area contributed by atoms with E-state index in [0.29, 0.717) is 22.6 Å². The number of nitrogens with two attached hydrogens (primary N) is 1. The third kappa shape index (κ3) is 5.48. The van der Waals surface area contributed by atoms with Crippen molar-refractivity contribution < 1.29 is 22.7 Å². The first-order valence-corrected chi connectivity index (χ1v) is 11.6. The summed E-state index contributed by atoms with van der Waals surface area (Å²) in [6, 6.07) is 7.56. The first-order chi connectivity index (χ1) is 17.8. The van der Waals surface area contributed by atoms with Gasteiger partial charge in [-0.3, -0.25) is 4.79 Å². The molecule has 0 bridgehead atoms. The molecule has 1 atom stereocenters. The first kappa shape index (κ1) is 25.9. The molecule has 4 N–H and O–H groups in total. The summed E-state index contributed by atoms with van der Waals surface area (Å²) >= 11 is 0. The number of benzene rings is 1. The van der Waals surface area contributed by atoms with Gasteiger partial charge in [0.05, 0.1) is 13.7 Å². The molecule has 0 spiro atoms. The molecule has 0 saturated carbocycles. The van der Waals surface area contributed by atoms with E-state index in [2.05, 4.69) is 30.6 Å². The molecule has 1 amide bonds. The molecule has 1 aromatic carbocycles. The molecule has 3 aromatic heterocycles. The number of fused-ring (bicyclic) bond motifs is 1. The number of carbonyl (C=O) groups excluding carboxylic acids is 1. The highest BCUT2D eigenvalue weighted by Gasteiger charge is 2.31. The zero-order valence-electron chi connectivity index (χ0n) is 20.6. The number of amides is 1. The lowest BCUT2D eigenvalue weighted by Gasteiger charge is -2.15. The van der Waals surface area contributed by atoms with Crippen molar-refractivity contribution in [3.8, 4) is 17.2 Å². The van der Waals surface area contributed by atoms with E-state index in [1.807, 2.05) is 6.92 Å². The van der Waals surface area contributed by atoms with Crippen molar-refractivity contribution in [2.24, 2.45) is 5.73 Å². The maximum atomic E-state index is 14.3. The minimum atomic E-state index is -3.09. The first-order valence-electron chi connectivity index (χ1n) is 11.6. The van der Waals surface area contributed by atoms with Gasteiger partial charge < -0.3 is 25.5 Å². The normalized spacial score (nSPS) is 12.4. The Kier molecular flexibility index (Phi) is 7.58. The second kappa shape index (κ2) is 10.8. The molecule has 3 heterocycles. The fraction of sp³-hybridized carbons (Fsp3) is 0.320. The molecule has 1 unspecified atom stereocenters. The number of rotatable bonds is 10. The van der Waals surface area contributed by atoms with E-state index in [-0.39, 0.29) is 47.7 Å². The summed E-state index contributed by atoms with van der Waals surface area (Å²) in [5.41, 5.74) is 6.18. The molecule has 0 saturated heterocycles. The molecule has 194 valence electrons. The van der Waals surface area contributed by atoms with E-state index < -0.39 is 18.3 Å². The molecule has 4 rings (SSSR count). The van der Waals surface area contributed by atoms with Crippen LogP contribution >= 0.6 is 0 Å². The number of alkyl halides is 2. The average Bonchev–Trinajstić information content (AvgIpc) is 3.35. The molecule has 0 radical (unpaired) electrons. The number of carbonyl (C=O) groups is 1. The number of methoxy groups -OCH3 is 1. The molecule has 0 fully saturated rings. The number of nitrogens with zero attached hydrogens (tertiary/aromatic N) is 4. The minimum Gasteiger partial charge on any atom is -0.494 e. The summed E-state index contributed by atoms with van der Waals surface area (Å²) in [6.45, 7) is 3.44. The maximum Gasteiger partial charge on any atom is 0.289 e. The van der Waals surface area contributed by atoms with Gasteiger partial charge in [-0.15, -0.1) is 0 Å². The Bertz CT molecular complexity index is 1400. The SMILES string of the molecule is CCC(F)(F)c1ccc2c(-c3nc(C(=O)NCC(C)Nc4ncccn4)c(CN)o3)ccc(OC)c2n1. The molecule has 0 aliphatic carbocycles. The number of anilines is 1. The molecule has 4 aromatic rings. The lowest BCUT2D eigenvalue weighted by molar-refractivity contribution is -0.0125. The lowest BCUT2D eigenvalue weighted by Crippen LogP contribution is -2.35. The maximum absolute atomic E-state index is 14.3. The summed E-state index contributed by atoms with van der Waals surface area (Å²) in [4.78, 5) is 29.7. The zero-order chi connectivity index (χ0) is 26.6. The van der Waals surface area contributed by atoms with Crippen molar-refractivity contribution in [3.05, 3.63) is 59.9 Å². The highest BCUT2D eigenvalue weighted by molar-refractivity contribution is 5.98. The van der Waals surface area contributed by atoms with Crippen LogP contribution in [0.2, 0.25) is 0 Å². The van der Waals surface area contributed by atoms with E-state index in [9.17, 15) is 13.6 Å². The molecular weight excluding hydrogens is 484 g/mol. The van der Waals surface area contributed by atoms with Crippen LogP contribution in [-0.2, 0) is 12.5 Å². The van der Waals surface area contributed by atoms with Gasteiger partial charge in [0.15, 0.2) is 11.5 Å². The predicted octanol–water partition coefficient (Wildman–Crippen LogP) is 3.88. The molecule has 10 nitrogen and oxygen atoms in total. The Morgan fingerprint density at radius 1 is 1.19 bits per heavy atom. The Balaban J connectivity index is 1.62. The van der Waals surface area contributed by atoms with Crippen molar-refractivity contribution >= 4 is 22.8 Å². The van der Waals surface area contributed by atoms with Crippen LogP contribution in [0, 0.1) is 0 Å². The Morgan fingerprint density at radius 2 is 1.95 bits per heavy atom. The average molecular weight is 512 g/mol. The number of pyridine rings is 1. The molecule has 37 heavy (non-hydrogen) atoms. The number of halogens is 2. The van der Waals surface area contributed by atoms with Crippen LogP contribution in [0.25, 0.3) is 22.4 Å². The number of hydrogen-bond donors (Lipinski definition) is 3. The van der Waals surface area contributed by atoms with Crippen LogP contribution in [0.5, 0.6) is 5.75 Å². The number of nitrogens with one attached hydrogen (secondary N) is 2. The quantitative estimate of drug-likeness (QED) is 0.289. The molecular formula is C25H27F2N7O3. The zero-order valence-corrected chi connectivity index (χ0v) is 20.6. The van der Waals surface area contributed by atoms with E-state index in [1.165, 1.54) is 26.2 Å². The van der Waals surface area contributed by atoms with Crippen LogP contribution < -0.4 is 21.1 Å². The molecule has 12 heteroatoms. The smallest absolute Gasteiger partial charge is 0.289 e. The Labute approximate surface area is 211 Å². The van der Waals surface area contributed by atoms with Gasteiger partial charge >= 0.3 is 0 Å². The predicted molar refractivity (Wildman–Crippen MR) is 133 cm³/mol.